The molecule has 3 aromatic heterocycles. The molecule has 0 saturated heterocycles. The summed E-state index contributed by atoms with van der Waals surface area (Å²) in [6.45, 7) is 3.90. The number of hydrogen-bond donors (Lipinski definition) is 4. The fourth-order valence-electron chi connectivity index (χ4n) is 4.28. The topological polar surface area (TPSA) is 78.3 Å². The van der Waals surface area contributed by atoms with Crippen LogP contribution >= 0.6 is 11.3 Å². The monoisotopic (exact) mass is 423 g/mol. The number of aryl methyl sites for hydroxylation is 1. The maximum Gasteiger partial charge on any atom is 0.180 e. The highest BCUT2D eigenvalue weighted by Crippen LogP contribution is 2.28. The lowest BCUT2D eigenvalue weighted by atomic mass is 10.2. The Morgan fingerprint density at radius 2 is 2.20 bits per heavy atom. The third kappa shape index (κ3) is 4.08. The molecule has 5 rings (SSSR count). The Labute approximate surface area is 181 Å². The second kappa shape index (κ2) is 8.75. The molecule has 4 N–H and O–H groups in total. The van der Waals surface area contributed by atoms with E-state index in [1.807, 2.05) is 12.4 Å². The van der Waals surface area contributed by atoms with Crippen molar-refractivity contribution in [1.82, 2.24) is 30.5 Å². The van der Waals surface area contributed by atoms with Gasteiger partial charge in [-0.25, -0.2) is 15.4 Å². The van der Waals surface area contributed by atoms with Crippen molar-refractivity contribution in [3.63, 3.8) is 0 Å². The molecule has 1 saturated carbocycles. The van der Waals surface area contributed by atoms with Crippen LogP contribution in [0.1, 0.15) is 56.0 Å². The van der Waals surface area contributed by atoms with Gasteiger partial charge in [-0.3, -0.25) is 4.40 Å². The normalized spacial score (nSPS) is 16.9. The van der Waals surface area contributed by atoms with E-state index in [1.165, 1.54) is 36.8 Å². The predicted octanol–water partition coefficient (Wildman–Crippen LogP) is 3.97. The van der Waals surface area contributed by atoms with E-state index in [4.69, 9.17) is 4.98 Å². The molecule has 8 heteroatoms. The zero-order valence-electron chi connectivity index (χ0n) is 17.4. The Kier molecular flexibility index (Phi) is 5.70. The van der Waals surface area contributed by atoms with Crippen LogP contribution < -0.4 is 21.5 Å². The van der Waals surface area contributed by atoms with Gasteiger partial charge < -0.3 is 16.1 Å². The Balaban J connectivity index is 1.39. The fourth-order valence-corrected chi connectivity index (χ4v) is 5.08. The quantitative estimate of drug-likeness (QED) is 0.439. The van der Waals surface area contributed by atoms with Crippen LogP contribution in [-0.4, -0.2) is 27.0 Å². The van der Waals surface area contributed by atoms with Crippen molar-refractivity contribution in [2.75, 3.05) is 11.9 Å². The summed E-state index contributed by atoms with van der Waals surface area (Å²) in [7, 11) is 0. The molecule has 1 fully saturated rings. The second-order valence-electron chi connectivity index (χ2n) is 8.14. The van der Waals surface area contributed by atoms with Crippen LogP contribution in [0.2, 0.25) is 0 Å². The molecule has 0 spiro atoms. The molecule has 2 aliphatic rings. The molecule has 158 valence electrons. The Morgan fingerprint density at radius 1 is 1.30 bits per heavy atom. The minimum absolute atomic E-state index is 0.686. The molecule has 7 nitrogen and oxygen atoms in total. The van der Waals surface area contributed by atoms with Gasteiger partial charge in [0, 0.05) is 37.1 Å². The number of rotatable bonds is 8. The van der Waals surface area contributed by atoms with E-state index in [0.717, 1.165) is 53.8 Å². The Morgan fingerprint density at radius 3 is 3.00 bits per heavy atom. The Hall–Kier alpha value is -2.42. The largest absolute Gasteiger partial charge is 0.329 e. The number of anilines is 2. The molecule has 3 aromatic rings. The van der Waals surface area contributed by atoms with Gasteiger partial charge in [-0.1, -0.05) is 26.2 Å². The average molecular weight is 424 g/mol. The molecule has 1 aliphatic carbocycles. The number of hydrogen-bond acceptors (Lipinski definition) is 7. The summed E-state index contributed by atoms with van der Waals surface area (Å²) in [5.74, 6) is 0.823. The van der Waals surface area contributed by atoms with Crippen molar-refractivity contribution in [3.05, 3.63) is 47.0 Å². The highest BCUT2D eigenvalue weighted by atomic mass is 32.1. The van der Waals surface area contributed by atoms with Crippen LogP contribution in [0.25, 0.3) is 11.2 Å². The van der Waals surface area contributed by atoms with E-state index in [0.29, 0.717) is 6.04 Å². The minimum atomic E-state index is 0.686. The van der Waals surface area contributed by atoms with Crippen LogP contribution in [0, 0.1) is 0 Å². The molecule has 1 aliphatic heterocycles. The van der Waals surface area contributed by atoms with E-state index >= 15 is 0 Å². The number of fused-ring (bicyclic) bond motifs is 1. The van der Waals surface area contributed by atoms with Crippen molar-refractivity contribution in [3.8, 4) is 0 Å². The number of nitrogens with one attached hydrogen (secondary N) is 4. The lowest BCUT2D eigenvalue weighted by molar-refractivity contribution is 0.525. The highest BCUT2D eigenvalue weighted by Gasteiger charge is 2.17. The number of imidazole rings is 1. The van der Waals surface area contributed by atoms with Crippen LogP contribution in [0.4, 0.5) is 10.8 Å². The van der Waals surface area contributed by atoms with Crippen molar-refractivity contribution in [2.45, 2.75) is 58.0 Å². The number of aromatic nitrogens is 3. The van der Waals surface area contributed by atoms with Crippen LogP contribution in [-0.2, 0) is 13.0 Å². The number of nitrogens with zero attached hydrogens (tertiary/aromatic N) is 3. The minimum Gasteiger partial charge on any atom is -0.329 e. The molecular weight excluding hydrogens is 394 g/mol. The molecule has 30 heavy (non-hydrogen) atoms. The SMILES string of the molecule is CCCc1cn2c(C3=CNNC3)cnc2c(Nc2cc(CNC3CCCC3)cs2)n1. The summed E-state index contributed by atoms with van der Waals surface area (Å²) in [4.78, 5) is 9.58. The van der Waals surface area contributed by atoms with Gasteiger partial charge in [-0.05, 0) is 36.3 Å². The third-order valence-electron chi connectivity index (χ3n) is 5.85. The molecular formula is C22H29N7S. The third-order valence-corrected chi connectivity index (χ3v) is 6.74. The van der Waals surface area contributed by atoms with E-state index in [-0.39, 0.29) is 0 Å². The summed E-state index contributed by atoms with van der Waals surface area (Å²) < 4.78 is 2.16. The maximum atomic E-state index is 4.89. The average Bonchev–Trinajstić information content (AvgIpc) is 3.53. The van der Waals surface area contributed by atoms with Gasteiger partial charge in [0.25, 0.3) is 0 Å². The molecule has 0 radical (unpaired) electrons. The fraction of sp³-hybridized carbons (Fsp3) is 0.455. The van der Waals surface area contributed by atoms with Gasteiger partial charge in [0.05, 0.1) is 22.6 Å². The summed E-state index contributed by atoms with van der Waals surface area (Å²) >= 11 is 1.73. The first-order valence-corrected chi connectivity index (χ1v) is 11.8. The van der Waals surface area contributed by atoms with Gasteiger partial charge in [0.1, 0.15) is 0 Å². The van der Waals surface area contributed by atoms with Gasteiger partial charge in [-0.15, -0.1) is 11.3 Å². The first kappa shape index (κ1) is 19.5. The maximum absolute atomic E-state index is 4.89. The summed E-state index contributed by atoms with van der Waals surface area (Å²) in [6.07, 6.45) is 13.4. The van der Waals surface area contributed by atoms with E-state index in [2.05, 4.69) is 55.4 Å². The van der Waals surface area contributed by atoms with Gasteiger partial charge in [0.15, 0.2) is 11.5 Å². The molecule has 0 aromatic carbocycles. The number of hydrazine groups is 1. The lowest BCUT2D eigenvalue weighted by Gasteiger charge is -2.11. The van der Waals surface area contributed by atoms with Crippen molar-refractivity contribution < 1.29 is 0 Å². The smallest absolute Gasteiger partial charge is 0.180 e. The molecule has 0 amide bonds. The van der Waals surface area contributed by atoms with Crippen LogP contribution in [0.5, 0.6) is 0 Å². The summed E-state index contributed by atoms with van der Waals surface area (Å²) in [5, 5.41) is 10.6. The van der Waals surface area contributed by atoms with Crippen molar-refractivity contribution >= 4 is 33.4 Å². The van der Waals surface area contributed by atoms with E-state index < -0.39 is 0 Å². The van der Waals surface area contributed by atoms with E-state index in [9.17, 15) is 0 Å². The molecule has 0 bridgehead atoms. The zero-order valence-corrected chi connectivity index (χ0v) is 18.2. The van der Waals surface area contributed by atoms with Gasteiger partial charge >= 0.3 is 0 Å². The molecule has 0 atom stereocenters. The Bertz CT molecular complexity index is 1050. The van der Waals surface area contributed by atoms with Crippen molar-refractivity contribution in [1.29, 1.82) is 0 Å². The van der Waals surface area contributed by atoms with Crippen molar-refractivity contribution in [2.24, 2.45) is 0 Å². The lowest BCUT2D eigenvalue weighted by Crippen LogP contribution is -2.24. The first-order chi connectivity index (χ1) is 14.8. The van der Waals surface area contributed by atoms with Gasteiger partial charge in [0.2, 0.25) is 0 Å². The predicted molar refractivity (Wildman–Crippen MR) is 123 cm³/mol. The van der Waals surface area contributed by atoms with Gasteiger partial charge in [-0.2, -0.15) is 0 Å². The van der Waals surface area contributed by atoms with Crippen LogP contribution in [0.3, 0.4) is 0 Å². The zero-order chi connectivity index (χ0) is 20.3. The summed E-state index contributed by atoms with van der Waals surface area (Å²) in [6, 6.07) is 2.92. The molecule has 4 heterocycles. The molecule has 0 unspecified atom stereocenters. The second-order valence-corrected chi connectivity index (χ2v) is 9.05. The highest BCUT2D eigenvalue weighted by molar-refractivity contribution is 7.14. The summed E-state index contributed by atoms with van der Waals surface area (Å²) in [5.41, 5.74) is 11.7. The first-order valence-electron chi connectivity index (χ1n) is 10.9. The standard InChI is InChI=1S/C22H29N7S/c1-2-5-18-13-29-19(16-10-25-26-11-16)12-24-22(29)21(27-18)28-20-8-15(14-30-20)9-23-17-6-3-4-7-17/h8,10,12-14,17,23,25-26H,2-7,9,11H2,1H3,(H,27,28). The van der Waals surface area contributed by atoms with Crippen LogP contribution in [0.15, 0.2) is 30.0 Å². The van der Waals surface area contributed by atoms with E-state index in [1.54, 1.807) is 11.3 Å². The number of thiophene rings is 1.